The normalized spacial score (nSPS) is 10.5. The van der Waals surface area contributed by atoms with Gasteiger partial charge in [-0.25, -0.2) is 4.98 Å². The minimum Gasteiger partial charge on any atom is -0.384 e. The maximum Gasteiger partial charge on any atom is 0.170 e. The molecule has 0 aliphatic carbocycles. The van der Waals surface area contributed by atoms with Crippen molar-refractivity contribution in [1.29, 1.82) is 0 Å². The van der Waals surface area contributed by atoms with Crippen LogP contribution in [0.15, 0.2) is 28.6 Å². The predicted octanol–water partition coefficient (Wildman–Crippen LogP) is 3.36. The molecule has 0 saturated carbocycles. The van der Waals surface area contributed by atoms with E-state index in [0.29, 0.717) is 0 Å². The number of thioether (sulfide) groups is 1. The van der Waals surface area contributed by atoms with Crippen molar-refractivity contribution in [3.8, 4) is 0 Å². The summed E-state index contributed by atoms with van der Waals surface area (Å²) < 4.78 is 5.20. The number of aromatic nitrogens is 2. The highest BCUT2D eigenvalue weighted by Crippen LogP contribution is 2.19. The van der Waals surface area contributed by atoms with Gasteiger partial charge in [-0.3, -0.25) is 0 Å². The summed E-state index contributed by atoms with van der Waals surface area (Å²) in [6.07, 6.45) is 0. The van der Waals surface area contributed by atoms with Crippen LogP contribution in [-0.4, -0.2) is 21.7 Å². The van der Waals surface area contributed by atoms with E-state index < -0.39 is 0 Å². The minimum atomic E-state index is 0.865. The van der Waals surface area contributed by atoms with Crippen LogP contribution >= 0.6 is 23.3 Å². The van der Waals surface area contributed by atoms with E-state index in [9.17, 15) is 0 Å². The molecule has 5 heteroatoms. The lowest BCUT2D eigenvalue weighted by Gasteiger charge is -2.05. The van der Waals surface area contributed by atoms with Gasteiger partial charge in [-0.05, 0) is 43.1 Å². The average Bonchev–Trinajstić information content (AvgIpc) is 2.71. The molecule has 0 bridgehead atoms. The molecular formula is C12H15N3S2. The molecule has 0 radical (unpaired) electrons. The quantitative estimate of drug-likeness (QED) is 0.664. The number of hydrogen-bond acceptors (Lipinski definition) is 5. The highest BCUT2D eigenvalue weighted by atomic mass is 32.2. The van der Waals surface area contributed by atoms with Crippen LogP contribution in [0.4, 0.5) is 5.69 Å². The van der Waals surface area contributed by atoms with Crippen molar-refractivity contribution in [3.05, 3.63) is 35.7 Å². The van der Waals surface area contributed by atoms with Crippen LogP contribution in [-0.2, 0) is 0 Å². The minimum absolute atomic E-state index is 0.865. The molecule has 0 amide bonds. The van der Waals surface area contributed by atoms with Gasteiger partial charge in [-0.1, -0.05) is 23.9 Å². The highest BCUT2D eigenvalue weighted by molar-refractivity contribution is 8.00. The summed E-state index contributed by atoms with van der Waals surface area (Å²) in [4.78, 5) is 4.31. The van der Waals surface area contributed by atoms with Gasteiger partial charge in [0, 0.05) is 18.0 Å². The van der Waals surface area contributed by atoms with Crippen LogP contribution in [0.2, 0.25) is 0 Å². The first-order valence-corrected chi connectivity index (χ1v) is 7.23. The molecule has 90 valence electrons. The third-order valence-corrected chi connectivity index (χ3v) is 4.11. The predicted molar refractivity (Wildman–Crippen MR) is 75.0 cm³/mol. The van der Waals surface area contributed by atoms with Crippen LogP contribution in [0.1, 0.15) is 11.4 Å². The van der Waals surface area contributed by atoms with Crippen molar-refractivity contribution in [2.45, 2.75) is 18.2 Å². The Bertz CT molecular complexity index is 482. The first kappa shape index (κ1) is 12.4. The zero-order valence-electron chi connectivity index (χ0n) is 9.93. The Morgan fingerprint density at radius 1 is 1.35 bits per heavy atom. The van der Waals surface area contributed by atoms with E-state index in [-0.39, 0.29) is 0 Å². The molecule has 0 fully saturated rings. The second kappa shape index (κ2) is 6.02. The smallest absolute Gasteiger partial charge is 0.170 e. The fraction of sp³-hybridized carbons (Fsp3) is 0.333. The molecule has 0 aliphatic heterocycles. The first-order chi connectivity index (χ1) is 8.24. The van der Waals surface area contributed by atoms with Gasteiger partial charge < -0.3 is 5.32 Å². The fourth-order valence-corrected chi connectivity index (χ4v) is 3.00. The second-order valence-corrected chi connectivity index (χ2v) is 5.85. The molecule has 1 N–H and O–H groups in total. The Balaban J connectivity index is 1.73. The number of aryl methyl sites for hydroxylation is 2. The summed E-state index contributed by atoms with van der Waals surface area (Å²) in [6, 6.07) is 8.41. The van der Waals surface area contributed by atoms with Gasteiger partial charge in [0.15, 0.2) is 4.34 Å². The number of nitrogens with zero attached hydrogens (tertiary/aromatic N) is 2. The van der Waals surface area contributed by atoms with Gasteiger partial charge in [-0.15, -0.1) is 0 Å². The van der Waals surface area contributed by atoms with Crippen molar-refractivity contribution in [2.24, 2.45) is 0 Å². The molecule has 1 aromatic heterocycles. The summed E-state index contributed by atoms with van der Waals surface area (Å²) in [7, 11) is 0. The zero-order valence-corrected chi connectivity index (χ0v) is 11.6. The van der Waals surface area contributed by atoms with E-state index in [1.54, 1.807) is 11.8 Å². The average molecular weight is 265 g/mol. The molecule has 0 saturated heterocycles. The molecule has 2 rings (SSSR count). The summed E-state index contributed by atoms with van der Waals surface area (Å²) in [5.41, 5.74) is 2.46. The lowest BCUT2D eigenvalue weighted by atomic mass is 10.2. The standard InChI is InChI=1S/C12H15N3S2/c1-9-4-3-5-11(8-9)13-6-7-16-12-14-10(2)15-17-12/h3-5,8,13H,6-7H2,1-2H3. The number of benzene rings is 1. The Morgan fingerprint density at radius 2 is 2.24 bits per heavy atom. The van der Waals surface area contributed by atoms with Crippen molar-refractivity contribution in [1.82, 2.24) is 9.36 Å². The van der Waals surface area contributed by atoms with E-state index in [1.165, 1.54) is 22.8 Å². The number of rotatable bonds is 5. The molecular weight excluding hydrogens is 250 g/mol. The van der Waals surface area contributed by atoms with Gasteiger partial charge >= 0.3 is 0 Å². The molecule has 0 aliphatic rings. The summed E-state index contributed by atoms with van der Waals surface area (Å²) in [5.74, 6) is 1.87. The largest absolute Gasteiger partial charge is 0.384 e. The topological polar surface area (TPSA) is 37.8 Å². The summed E-state index contributed by atoms with van der Waals surface area (Å²) >= 11 is 3.22. The third-order valence-electron chi connectivity index (χ3n) is 2.18. The van der Waals surface area contributed by atoms with Gasteiger partial charge in [0.1, 0.15) is 5.82 Å². The number of hydrogen-bond donors (Lipinski definition) is 1. The fourth-order valence-electron chi connectivity index (χ4n) is 1.43. The van der Waals surface area contributed by atoms with Gasteiger partial charge in [0.25, 0.3) is 0 Å². The molecule has 0 unspecified atom stereocenters. The zero-order chi connectivity index (χ0) is 12.1. The molecule has 17 heavy (non-hydrogen) atoms. The number of anilines is 1. The van der Waals surface area contributed by atoms with E-state index in [0.717, 1.165) is 22.5 Å². The van der Waals surface area contributed by atoms with Crippen LogP contribution in [0.5, 0.6) is 0 Å². The van der Waals surface area contributed by atoms with Crippen molar-refractivity contribution >= 4 is 29.0 Å². The summed E-state index contributed by atoms with van der Waals surface area (Å²) in [6.45, 7) is 4.96. The van der Waals surface area contributed by atoms with Crippen molar-refractivity contribution < 1.29 is 0 Å². The van der Waals surface area contributed by atoms with Crippen molar-refractivity contribution in [2.75, 3.05) is 17.6 Å². The molecule has 1 aromatic carbocycles. The monoisotopic (exact) mass is 265 g/mol. The molecule has 2 aromatic rings. The Kier molecular flexibility index (Phi) is 4.39. The molecule has 1 heterocycles. The Hall–Kier alpha value is -1.07. The molecule has 0 spiro atoms. The van der Waals surface area contributed by atoms with Crippen LogP contribution < -0.4 is 5.32 Å². The van der Waals surface area contributed by atoms with E-state index >= 15 is 0 Å². The third kappa shape index (κ3) is 4.02. The van der Waals surface area contributed by atoms with Crippen LogP contribution in [0, 0.1) is 13.8 Å². The first-order valence-electron chi connectivity index (χ1n) is 5.48. The Morgan fingerprint density at radius 3 is 2.94 bits per heavy atom. The van der Waals surface area contributed by atoms with E-state index in [2.05, 4.69) is 45.9 Å². The maximum atomic E-state index is 4.31. The van der Waals surface area contributed by atoms with Crippen LogP contribution in [0.3, 0.4) is 0 Å². The Labute approximate surface area is 110 Å². The lowest BCUT2D eigenvalue weighted by Crippen LogP contribution is -2.03. The lowest BCUT2D eigenvalue weighted by molar-refractivity contribution is 1.10. The molecule has 3 nitrogen and oxygen atoms in total. The van der Waals surface area contributed by atoms with Gasteiger partial charge in [0.05, 0.1) is 0 Å². The van der Waals surface area contributed by atoms with E-state index in [4.69, 9.17) is 0 Å². The second-order valence-electron chi connectivity index (χ2n) is 3.75. The van der Waals surface area contributed by atoms with Crippen molar-refractivity contribution in [3.63, 3.8) is 0 Å². The molecule has 0 atom stereocenters. The summed E-state index contributed by atoms with van der Waals surface area (Å²) in [5, 5.41) is 3.40. The maximum absolute atomic E-state index is 4.31. The van der Waals surface area contributed by atoms with Gasteiger partial charge in [0.2, 0.25) is 0 Å². The van der Waals surface area contributed by atoms with E-state index in [1.807, 2.05) is 6.92 Å². The number of nitrogens with one attached hydrogen (secondary N) is 1. The van der Waals surface area contributed by atoms with Gasteiger partial charge in [-0.2, -0.15) is 4.37 Å². The van der Waals surface area contributed by atoms with Crippen LogP contribution in [0.25, 0.3) is 0 Å². The SMILES string of the molecule is Cc1cccc(NCCSc2nc(C)ns2)c1. The highest BCUT2D eigenvalue weighted by Gasteiger charge is 2.00.